The van der Waals surface area contributed by atoms with Crippen molar-refractivity contribution in [3.8, 4) is 0 Å². The lowest BCUT2D eigenvalue weighted by Gasteiger charge is -2.32. The van der Waals surface area contributed by atoms with E-state index in [0.29, 0.717) is 24.1 Å². The molecule has 0 aromatic carbocycles. The summed E-state index contributed by atoms with van der Waals surface area (Å²) < 4.78 is 1.94. The topological polar surface area (TPSA) is 93.2 Å². The van der Waals surface area contributed by atoms with Crippen LogP contribution in [-0.4, -0.2) is 38.3 Å². The van der Waals surface area contributed by atoms with Crippen LogP contribution in [0.15, 0.2) is 10.9 Å². The smallest absolute Gasteiger partial charge is 0.382 e. The van der Waals surface area contributed by atoms with E-state index in [1.807, 2.05) is 0 Å². The molecule has 17 heavy (non-hydrogen) atoms. The summed E-state index contributed by atoms with van der Waals surface area (Å²) in [7, 11) is 0. The third-order valence-electron chi connectivity index (χ3n) is 2.90. The van der Waals surface area contributed by atoms with Gasteiger partial charge < -0.3 is 20.5 Å². The van der Waals surface area contributed by atoms with Crippen LogP contribution in [0.1, 0.15) is 12.8 Å². The summed E-state index contributed by atoms with van der Waals surface area (Å²) in [6.45, 7) is 1.83. The lowest BCUT2D eigenvalue weighted by Crippen LogP contribution is -2.44. The molecule has 0 atom stereocenters. The van der Waals surface area contributed by atoms with Crippen LogP contribution in [0.5, 0.6) is 0 Å². The molecule has 2 rings (SSSR count). The highest BCUT2D eigenvalue weighted by Gasteiger charge is 2.31. The average molecular weight is 305 g/mol. The Hall–Kier alpha value is -0.990. The molecule has 0 saturated carbocycles. The van der Waals surface area contributed by atoms with Crippen molar-refractivity contribution in [2.45, 2.75) is 25.0 Å². The Morgan fingerprint density at radius 2 is 2.29 bits per heavy atom. The molecule has 2 N–H and O–H groups in total. The van der Waals surface area contributed by atoms with Crippen LogP contribution in [0.3, 0.4) is 0 Å². The minimum Gasteiger partial charge on any atom is -0.388 e. The van der Waals surface area contributed by atoms with Crippen LogP contribution < -0.4 is 5.32 Å². The molecular weight excluding hydrogens is 292 g/mol. The lowest BCUT2D eigenvalue weighted by molar-refractivity contribution is -0.389. The number of rotatable bonds is 3. The van der Waals surface area contributed by atoms with Gasteiger partial charge in [0.05, 0.1) is 12.1 Å². The maximum atomic E-state index is 10.6. The maximum Gasteiger partial charge on any atom is 0.382 e. The van der Waals surface area contributed by atoms with Gasteiger partial charge in [-0.25, -0.2) is 0 Å². The van der Waals surface area contributed by atoms with Crippen molar-refractivity contribution >= 4 is 21.7 Å². The van der Waals surface area contributed by atoms with Gasteiger partial charge in [-0.15, -0.1) is 0 Å². The van der Waals surface area contributed by atoms with E-state index in [4.69, 9.17) is 0 Å². The number of nitrogens with one attached hydrogen (secondary N) is 1. The quantitative estimate of drug-likeness (QED) is 0.632. The first-order valence-corrected chi connectivity index (χ1v) is 6.10. The van der Waals surface area contributed by atoms with Gasteiger partial charge in [-0.2, -0.15) is 0 Å². The van der Waals surface area contributed by atoms with E-state index in [-0.39, 0.29) is 5.82 Å². The van der Waals surface area contributed by atoms with E-state index in [0.717, 1.165) is 13.1 Å². The number of nitro groups is 1. The fourth-order valence-corrected chi connectivity index (χ4v) is 2.36. The number of imidazole rings is 1. The second kappa shape index (κ2) is 4.71. The molecule has 7 nitrogen and oxygen atoms in total. The normalized spacial score (nSPS) is 19.2. The molecule has 1 aliphatic heterocycles. The van der Waals surface area contributed by atoms with E-state index in [1.165, 1.54) is 6.20 Å². The van der Waals surface area contributed by atoms with E-state index in [9.17, 15) is 15.2 Å². The maximum absolute atomic E-state index is 10.6. The molecule has 94 valence electrons. The highest BCUT2D eigenvalue weighted by Crippen LogP contribution is 2.24. The molecule has 1 aromatic rings. The number of hydrogen-bond acceptors (Lipinski definition) is 5. The van der Waals surface area contributed by atoms with Crippen LogP contribution in [0.25, 0.3) is 0 Å². The van der Waals surface area contributed by atoms with Crippen molar-refractivity contribution in [1.29, 1.82) is 0 Å². The van der Waals surface area contributed by atoms with Crippen molar-refractivity contribution in [2.24, 2.45) is 0 Å². The Balaban J connectivity index is 2.14. The Labute approximate surface area is 106 Å². The van der Waals surface area contributed by atoms with Crippen molar-refractivity contribution in [3.05, 3.63) is 21.0 Å². The van der Waals surface area contributed by atoms with Crippen LogP contribution in [0, 0.1) is 10.1 Å². The Morgan fingerprint density at radius 3 is 2.82 bits per heavy atom. The summed E-state index contributed by atoms with van der Waals surface area (Å²) in [5, 5.41) is 24.1. The minimum absolute atomic E-state index is 0.214. The van der Waals surface area contributed by atoms with Gasteiger partial charge in [0.25, 0.3) is 4.73 Å². The number of halogens is 1. The SMILES string of the molecule is O=[N+]([O-])c1cn(CC2(O)CCNCC2)c(Br)n1. The van der Waals surface area contributed by atoms with Crippen molar-refractivity contribution in [1.82, 2.24) is 14.9 Å². The van der Waals surface area contributed by atoms with E-state index >= 15 is 0 Å². The summed E-state index contributed by atoms with van der Waals surface area (Å²) >= 11 is 3.16. The number of aromatic nitrogens is 2. The fourth-order valence-electron chi connectivity index (χ4n) is 1.95. The summed E-state index contributed by atoms with van der Waals surface area (Å²) in [5.41, 5.74) is -0.817. The monoisotopic (exact) mass is 304 g/mol. The van der Waals surface area contributed by atoms with Crippen LogP contribution >= 0.6 is 15.9 Å². The molecular formula is C9H13BrN4O3. The number of hydrogen-bond donors (Lipinski definition) is 2. The molecule has 0 aliphatic carbocycles. The minimum atomic E-state index is -0.817. The molecule has 0 bridgehead atoms. The second-order valence-electron chi connectivity index (χ2n) is 4.23. The largest absolute Gasteiger partial charge is 0.388 e. The molecule has 1 aromatic heterocycles. The third-order valence-corrected chi connectivity index (χ3v) is 3.53. The van der Waals surface area contributed by atoms with Crippen LogP contribution in [0.2, 0.25) is 0 Å². The summed E-state index contributed by atoms with van der Waals surface area (Å²) in [6, 6.07) is 0. The zero-order valence-electron chi connectivity index (χ0n) is 9.10. The molecule has 0 amide bonds. The first-order valence-electron chi connectivity index (χ1n) is 5.30. The van der Waals surface area contributed by atoms with Crippen molar-refractivity contribution in [2.75, 3.05) is 13.1 Å². The van der Waals surface area contributed by atoms with E-state index < -0.39 is 10.5 Å². The van der Waals surface area contributed by atoms with E-state index in [1.54, 1.807) is 4.57 Å². The van der Waals surface area contributed by atoms with Gasteiger partial charge in [0.1, 0.15) is 6.20 Å². The third kappa shape index (κ3) is 2.82. The standard InChI is InChI=1S/C9H13BrN4O3/c10-8-12-7(14(16)17)5-13(8)6-9(15)1-3-11-4-2-9/h5,11,15H,1-4,6H2. The van der Waals surface area contributed by atoms with Gasteiger partial charge in [0.2, 0.25) is 0 Å². The molecule has 0 radical (unpaired) electrons. The number of aliphatic hydroxyl groups is 1. The van der Waals surface area contributed by atoms with Gasteiger partial charge in [-0.1, -0.05) is 0 Å². The van der Waals surface area contributed by atoms with Gasteiger partial charge in [0, 0.05) is 15.9 Å². The average Bonchev–Trinajstić information content (AvgIpc) is 2.61. The lowest BCUT2D eigenvalue weighted by atomic mass is 9.92. The Morgan fingerprint density at radius 1 is 1.65 bits per heavy atom. The Bertz CT molecular complexity index is 428. The fraction of sp³-hybridized carbons (Fsp3) is 0.667. The highest BCUT2D eigenvalue weighted by molar-refractivity contribution is 9.10. The van der Waals surface area contributed by atoms with Crippen molar-refractivity contribution < 1.29 is 10.0 Å². The Kier molecular flexibility index (Phi) is 3.45. The van der Waals surface area contributed by atoms with Gasteiger partial charge in [-0.3, -0.25) is 4.57 Å². The second-order valence-corrected chi connectivity index (χ2v) is 4.94. The molecule has 8 heteroatoms. The zero-order valence-corrected chi connectivity index (χ0v) is 10.7. The molecule has 1 fully saturated rings. The molecule has 0 spiro atoms. The molecule has 0 unspecified atom stereocenters. The highest BCUT2D eigenvalue weighted by atomic mass is 79.9. The van der Waals surface area contributed by atoms with Gasteiger partial charge >= 0.3 is 5.82 Å². The molecule has 1 aliphatic rings. The van der Waals surface area contributed by atoms with Gasteiger partial charge in [-0.05, 0) is 35.8 Å². The molecule has 1 saturated heterocycles. The van der Waals surface area contributed by atoms with Crippen LogP contribution in [0.4, 0.5) is 5.82 Å². The predicted octanol–water partition coefficient (Wildman–Crippen LogP) is 0.668. The summed E-state index contributed by atoms with van der Waals surface area (Å²) in [4.78, 5) is 13.8. The van der Waals surface area contributed by atoms with E-state index in [2.05, 4.69) is 26.2 Å². The predicted molar refractivity (Wildman–Crippen MR) is 63.6 cm³/mol. The summed E-state index contributed by atoms with van der Waals surface area (Å²) in [5.74, 6) is -0.214. The van der Waals surface area contributed by atoms with Crippen molar-refractivity contribution in [3.63, 3.8) is 0 Å². The molecule has 2 heterocycles. The zero-order chi connectivity index (χ0) is 12.5. The first kappa shape index (κ1) is 12.5. The van der Waals surface area contributed by atoms with Gasteiger partial charge in [0.15, 0.2) is 0 Å². The van der Waals surface area contributed by atoms with Crippen LogP contribution in [-0.2, 0) is 6.54 Å². The summed E-state index contributed by atoms with van der Waals surface area (Å²) in [6.07, 6.45) is 2.60. The first-order chi connectivity index (χ1) is 8.00. The number of nitrogens with zero attached hydrogens (tertiary/aromatic N) is 3. The number of piperidine rings is 1.